The van der Waals surface area contributed by atoms with Crippen LogP contribution in [-0.2, 0) is 4.74 Å². The van der Waals surface area contributed by atoms with E-state index < -0.39 is 0 Å². The summed E-state index contributed by atoms with van der Waals surface area (Å²) in [5.41, 5.74) is 0.961. The Kier molecular flexibility index (Phi) is 5.09. The predicted molar refractivity (Wildman–Crippen MR) is 73.3 cm³/mol. The van der Waals surface area contributed by atoms with Crippen LogP contribution in [0.1, 0.15) is 20.3 Å². The molecule has 0 aliphatic heterocycles. The summed E-state index contributed by atoms with van der Waals surface area (Å²) < 4.78 is 6.33. The first-order valence-electron chi connectivity index (χ1n) is 5.19. The van der Waals surface area contributed by atoms with Gasteiger partial charge in [0.2, 0.25) is 0 Å². The molecule has 0 saturated carbocycles. The smallest absolute Gasteiger partial charge is 0.0639 e. The molecule has 0 radical (unpaired) electrons. The lowest BCUT2D eigenvalue weighted by atomic mass is 10.1. The third-order valence-corrected chi connectivity index (χ3v) is 3.42. The van der Waals surface area contributed by atoms with Crippen molar-refractivity contribution in [2.24, 2.45) is 0 Å². The number of benzene rings is 1. The van der Waals surface area contributed by atoms with E-state index in [9.17, 15) is 0 Å². The molecule has 1 aromatic rings. The minimum absolute atomic E-state index is 0.0914. The fourth-order valence-electron chi connectivity index (χ4n) is 1.23. The lowest BCUT2D eigenvalue weighted by Crippen LogP contribution is -2.25. The number of anilines is 1. The molecule has 0 heterocycles. The van der Waals surface area contributed by atoms with Gasteiger partial charge in [0.25, 0.3) is 0 Å². The van der Waals surface area contributed by atoms with Gasteiger partial charge < -0.3 is 10.1 Å². The van der Waals surface area contributed by atoms with Crippen LogP contribution in [0.5, 0.6) is 0 Å². The first-order chi connectivity index (χ1) is 7.44. The Labute approximate surface area is 110 Å². The van der Waals surface area contributed by atoms with Gasteiger partial charge in [-0.1, -0.05) is 11.6 Å². The molecular formula is C12H17BrClNO. The Morgan fingerprint density at radius 2 is 2.12 bits per heavy atom. The summed E-state index contributed by atoms with van der Waals surface area (Å²) in [4.78, 5) is 0. The summed E-state index contributed by atoms with van der Waals surface area (Å²) in [5, 5.41) is 4.08. The zero-order chi connectivity index (χ0) is 12.2. The summed E-state index contributed by atoms with van der Waals surface area (Å²) in [5.74, 6) is 0. The highest BCUT2D eigenvalue weighted by Crippen LogP contribution is 2.26. The predicted octanol–water partition coefficient (Wildman–Crippen LogP) is 4.33. The molecule has 1 aromatic carbocycles. The largest absolute Gasteiger partial charge is 0.384 e. The summed E-state index contributed by atoms with van der Waals surface area (Å²) in [6, 6.07) is 5.72. The van der Waals surface area contributed by atoms with E-state index in [1.807, 2.05) is 18.2 Å². The molecule has 0 aliphatic rings. The second kappa shape index (κ2) is 5.89. The molecule has 2 nitrogen and oxygen atoms in total. The number of hydrogen-bond acceptors (Lipinski definition) is 2. The summed E-state index contributed by atoms with van der Waals surface area (Å²) >= 11 is 9.33. The Hall–Kier alpha value is -0.250. The molecular weight excluding hydrogens is 289 g/mol. The minimum Gasteiger partial charge on any atom is -0.384 e. The Balaban J connectivity index is 2.49. The molecule has 0 saturated heterocycles. The van der Waals surface area contributed by atoms with Gasteiger partial charge in [-0.25, -0.2) is 0 Å². The average molecular weight is 307 g/mol. The molecule has 16 heavy (non-hydrogen) atoms. The topological polar surface area (TPSA) is 21.3 Å². The molecule has 0 bridgehead atoms. The van der Waals surface area contributed by atoms with E-state index in [0.29, 0.717) is 0 Å². The van der Waals surface area contributed by atoms with E-state index >= 15 is 0 Å². The van der Waals surface area contributed by atoms with E-state index in [4.69, 9.17) is 16.3 Å². The molecule has 4 heteroatoms. The molecule has 0 amide bonds. The molecule has 1 rings (SSSR count). The molecule has 90 valence electrons. The maximum Gasteiger partial charge on any atom is 0.0639 e. The molecule has 0 spiro atoms. The Morgan fingerprint density at radius 1 is 1.44 bits per heavy atom. The summed E-state index contributed by atoms with van der Waals surface area (Å²) in [6.07, 6.45) is 0.943. The zero-order valence-electron chi connectivity index (χ0n) is 9.81. The van der Waals surface area contributed by atoms with Crippen molar-refractivity contribution in [1.29, 1.82) is 0 Å². The van der Waals surface area contributed by atoms with Gasteiger partial charge in [0.15, 0.2) is 0 Å². The van der Waals surface area contributed by atoms with Crippen molar-refractivity contribution in [1.82, 2.24) is 0 Å². The van der Waals surface area contributed by atoms with Gasteiger partial charge in [-0.15, -0.1) is 0 Å². The van der Waals surface area contributed by atoms with Crippen LogP contribution in [0.4, 0.5) is 5.69 Å². The fraction of sp³-hybridized carbons (Fsp3) is 0.500. The van der Waals surface area contributed by atoms with E-state index in [1.165, 1.54) is 0 Å². The van der Waals surface area contributed by atoms with Crippen LogP contribution >= 0.6 is 27.5 Å². The first kappa shape index (κ1) is 13.8. The number of halogens is 2. The first-order valence-corrected chi connectivity index (χ1v) is 6.36. The molecule has 0 atom stereocenters. The van der Waals surface area contributed by atoms with Crippen molar-refractivity contribution < 1.29 is 4.74 Å². The maximum absolute atomic E-state index is 5.87. The lowest BCUT2D eigenvalue weighted by molar-refractivity contribution is 0.0185. The SMILES string of the molecule is COC(C)(C)CCNc1ccc(Cl)cc1Br. The summed E-state index contributed by atoms with van der Waals surface area (Å²) in [6.45, 7) is 5.01. The van der Waals surface area contributed by atoms with Gasteiger partial charge in [-0.05, 0) is 54.4 Å². The van der Waals surface area contributed by atoms with Gasteiger partial charge in [-0.2, -0.15) is 0 Å². The van der Waals surface area contributed by atoms with Crippen molar-refractivity contribution in [3.8, 4) is 0 Å². The van der Waals surface area contributed by atoms with Crippen molar-refractivity contribution in [2.75, 3.05) is 19.0 Å². The Bertz CT molecular complexity index is 355. The molecule has 0 fully saturated rings. The summed E-state index contributed by atoms with van der Waals surface area (Å²) in [7, 11) is 1.73. The van der Waals surface area contributed by atoms with Crippen LogP contribution in [0.15, 0.2) is 22.7 Å². The van der Waals surface area contributed by atoms with Crippen molar-refractivity contribution in [2.45, 2.75) is 25.9 Å². The number of ether oxygens (including phenoxy) is 1. The van der Waals surface area contributed by atoms with Crippen LogP contribution < -0.4 is 5.32 Å². The third-order valence-electron chi connectivity index (χ3n) is 2.53. The molecule has 0 aromatic heterocycles. The zero-order valence-corrected chi connectivity index (χ0v) is 12.2. The van der Waals surface area contributed by atoms with Gasteiger partial charge in [0.1, 0.15) is 0 Å². The maximum atomic E-state index is 5.87. The second-order valence-electron chi connectivity index (χ2n) is 4.26. The van der Waals surface area contributed by atoms with E-state index in [0.717, 1.165) is 28.1 Å². The highest BCUT2D eigenvalue weighted by Gasteiger charge is 2.15. The number of rotatable bonds is 5. The number of methoxy groups -OCH3 is 1. The van der Waals surface area contributed by atoms with E-state index in [1.54, 1.807) is 7.11 Å². The van der Waals surface area contributed by atoms with Crippen molar-refractivity contribution in [3.05, 3.63) is 27.7 Å². The number of nitrogens with one attached hydrogen (secondary N) is 1. The van der Waals surface area contributed by atoms with Crippen LogP contribution in [0.3, 0.4) is 0 Å². The quantitative estimate of drug-likeness (QED) is 0.874. The van der Waals surface area contributed by atoms with Gasteiger partial charge >= 0.3 is 0 Å². The van der Waals surface area contributed by atoms with Crippen molar-refractivity contribution in [3.63, 3.8) is 0 Å². The lowest BCUT2D eigenvalue weighted by Gasteiger charge is -2.23. The molecule has 0 unspecified atom stereocenters. The minimum atomic E-state index is -0.0914. The van der Waals surface area contributed by atoms with Crippen molar-refractivity contribution >= 4 is 33.2 Å². The average Bonchev–Trinajstić information content (AvgIpc) is 2.21. The van der Waals surface area contributed by atoms with Crippen LogP contribution in [-0.4, -0.2) is 19.3 Å². The highest BCUT2D eigenvalue weighted by molar-refractivity contribution is 9.10. The van der Waals surface area contributed by atoms with Crippen LogP contribution in [0.25, 0.3) is 0 Å². The molecule has 1 N–H and O–H groups in total. The standard InChI is InChI=1S/C12H17BrClNO/c1-12(2,16-3)6-7-15-11-5-4-9(14)8-10(11)13/h4-5,8,15H,6-7H2,1-3H3. The Morgan fingerprint density at radius 3 is 2.69 bits per heavy atom. The van der Waals surface area contributed by atoms with E-state index in [2.05, 4.69) is 35.1 Å². The number of hydrogen-bond donors (Lipinski definition) is 1. The van der Waals surface area contributed by atoms with Crippen LogP contribution in [0, 0.1) is 0 Å². The normalized spacial score (nSPS) is 11.6. The third kappa shape index (κ3) is 4.32. The highest BCUT2D eigenvalue weighted by atomic mass is 79.9. The second-order valence-corrected chi connectivity index (χ2v) is 5.56. The van der Waals surface area contributed by atoms with Gasteiger partial charge in [0, 0.05) is 28.8 Å². The van der Waals surface area contributed by atoms with E-state index in [-0.39, 0.29) is 5.60 Å². The van der Waals surface area contributed by atoms with Gasteiger partial charge in [0.05, 0.1) is 5.60 Å². The van der Waals surface area contributed by atoms with Gasteiger partial charge in [-0.3, -0.25) is 0 Å². The monoisotopic (exact) mass is 305 g/mol. The fourth-order valence-corrected chi connectivity index (χ4v) is 2.06. The molecule has 0 aliphatic carbocycles. The van der Waals surface area contributed by atoms with Crippen LogP contribution in [0.2, 0.25) is 5.02 Å².